The standard InChI is InChI=1S/C12H19N3O3S/c1-5-15(12(3,4)10(16)17)11(18)14-7-9-6-13-8(2)19-9/h6H,5,7H2,1-4H3,(H,14,18)(H,16,17). The van der Waals surface area contributed by atoms with Crippen LogP contribution >= 0.6 is 11.3 Å². The number of urea groups is 1. The summed E-state index contributed by atoms with van der Waals surface area (Å²) >= 11 is 1.50. The molecule has 19 heavy (non-hydrogen) atoms. The van der Waals surface area contributed by atoms with Crippen LogP contribution in [0.4, 0.5) is 4.79 Å². The van der Waals surface area contributed by atoms with E-state index in [0.29, 0.717) is 13.1 Å². The average Bonchev–Trinajstić information content (AvgIpc) is 2.73. The second-order valence-corrected chi connectivity index (χ2v) is 5.93. The lowest BCUT2D eigenvalue weighted by molar-refractivity contribution is -0.147. The van der Waals surface area contributed by atoms with E-state index in [2.05, 4.69) is 10.3 Å². The summed E-state index contributed by atoms with van der Waals surface area (Å²) in [6, 6.07) is -0.388. The van der Waals surface area contributed by atoms with E-state index in [1.807, 2.05) is 6.92 Å². The molecule has 0 spiro atoms. The lowest BCUT2D eigenvalue weighted by atomic mass is 10.0. The first-order chi connectivity index (χ1) is 8.78. The molecule has 0 fully saturated rings. The molecule has 0 bridgehead atoms. The molecule has 1 aromatic rings. The van der Waals surface area contributed by atoms with Crippen LogP contribution in [-0.4, -0.2) is 39.1 Å². The lowest BCUT2D eigenvalue weighted by Gasteiger charge is -2.34. The van der Waals surface area contributed by atoms with Crippen LogP contribution in [0.3, 0.4) is 0 Å². The van der Waals surface area contributed by atoms with Crippen molar-refractivity contribution in [1.82, 2.24) is 15.2 Å². The summed E-state index contributed by atoms with van der Waals surface area (Å²) in [4.78, 5) is 29.5. The molecule has 7 heteroatoms. The van der Waals surface area contributed by atoms with E-state index >= 15 is 0 Å². The monoisotopic (exact) mass is 285 g/mol. The number of thiazole rings is 1. The zero-order chi connectivity index (χ0) is 14.6. The Morgan fingerprint density at radius 2 is 2.16 bits per heavy atom. The summed E-state index contributed by atoms with van der Waals surface area (Å²) in [6.45, 7) is 7.34. The van der Waals surface area contributed by atoms with Gasteiger partial charge in [-0.15, -0.1) is 11.3 Å². The highest BCUT2D eigenvalue weighted by Crippen LogP contribution is 2.15. The fourth-order valence-electron chi connectivity index (χ4n) is 1.65. The van der Waals surface area contributed by atoms with Gasteiger partial charge in [0.2, 0.25) is 0 Å². The number of rotatable bonds is 5. The molecule has 6 nitrogen and oxygen atoms in total. The Morgan fingerprint density at radius 1 is 1.53 bits per heavy atom. The highest BCUT2D eigenvalue weighted by atomic mass is 32.1. The van der Waals surface area contributed by atoms with Gasteiger partial charge in [-0.25, -0.2) is 14.6 Å². The Kier molecular flexibility index (Phi) is 4.88. The van der Waals surface area contributed by atoms with Gasteiger partial charge in [0.05, 0.1) is 11.6 Å². The first kappa shape index (κ1) is 15.4. The van der Waals surface area contributed by atoms with Gasteiger partial charge in [-0.1, -0.05) is 0 Å². The summed E-state index contributed by atoms with van der Waals surface area (Å²) < 4.78 is 0. The van der Waals surface area contributed by atoms with Gasteiger partial charge in [0.1, 0.15) is 5.54 Å². The number of likely N-dealkylation sites (N-methyl/N-ethyl adjacent to an activating group) is 1. The minimum Gasteiger partial charge on any atom is -0.480 e. The Hall–Kier alpha value is -1.63. The number of carboxylic acid groups (broad SMARTS) is 1. The molecular formula is C12H19N3O3S. The molecule has 0 unspecified atom stereocenters. The van der Waals surface area contributed by atoms with E-state index in [9.17, 15) is 9.59 Å². The SMILES string of the molecule is CCN(C(=O)NCc1cnc(C)s1)C(C)(C)C(=O)O. The van der Waals surface area contributed by atoms with Crippen molar-refractivity contribution in [3.63, 3.8) is 0 Å². The molecule has 0 radical (unpaired) electrons. The van der Waals surface area contributed by atoms with Gasteiger partial charge < -0.3 is 15.3 Å². The van der Waals surface area contributed by atoms with Crippen LogP contribution in [0.25, 0.3) is 0 Å². The van der Waals surface area contributed by atoms with Crippen LogP contribution in [0.15, 0.2) is 6.20 Å². The van der Waals surface area contributed by atoms with Crippen molar-refractivity contribution in [2.24, 2.45) is 0 Å². The molecule has 2 amide bonds. The minimum atomic E-state index is -1.23. The number of carboxylic acids is 1. The van der Waals surface area contributed by atoms with Crippen molar-refractivity contribution in [3.05, 3.63) is 16.1 Å². The van der Waals surface area contributed by atoms with E-state index in [4.69, 9.17) is 5.11 Å². The first-order valence-corrected chi connectivity index (χ1v) is 6.80. The Balaban J connectivity index is 2.67. The van der Waals surface area contributed by atoms with Crippen LogP contribution < -0.4 is 5.32 Å². The Bertz CT molecular complexity index is 471. The smallest absolute Gasteiger partial charge is 0.329 e. The maximum Gasteiger partial charge on any atom is 0.329 e. The van der Waals surface area contributed by atoms with E-state index in [1.54, 1.807) is 13.1 Å². The van der Waals surface area contributed by atoms with E-state index in [1.165, 1.54) is 30.1 Å². The van der Waals surface area contributed by atoms with Gasteiger partial charge in [-0.2, -0.15) is 0 Å². The topological polar surface area (TPSA) is 82.5 Å². The number of aryl methyl sites for hydroxylation is 1. The van der Waals surface area contributed by atoms with E-state index in [-0.39, 0.29) is 6.03 Å². The number of aliphatic carboxylic acids is 1. The summed E-state index contributed by atoms with van der Waals surface area (Å²) in [5, 5.41) is 12.8. The van der Waals surface area contributed by atoms with Crippen LogP contribution in [0.2, 0.25) is 0 Å². The first-order valence-electron chi connectivity index (χ1n) is 5.99. The highest BCUT2D eigenvalue weighted by Gasteiger charge is 2.36. The van der Waals surface area contributed by atoms with Gasteiger partial charge in [0, 0.05) is 17.6 Å². The maximum absolute atomic E-state index is 12.0. The number of nitrogens with one attached hydrogen (secondary N) is 1. The molecule has 1 heterocycles. The van der Waals surface area contributed by atoms with Gasteiger partial charge in [0.15, 0.2) is 0 Å². The molecule has 0 aliphatic heterocycles. The Morgan fingerprint density at radius 3 is 2.58 bits per heavy atom. The summed E-state index contributed by atoms with van der Waals surface area (Å²) in [6.07, 6.45) is 1.71. The van der Waals surface area contributed by atoms with Gasteiger partial charge in [-0.05, 0) is 27.7 Å². The third-order valence-electron chi connectivity index (χ3n) is 2.84. The largest absolute Gasteiger partial charge is 0.480 e. The number of nitrogens with zero attached hydrogens (tertiary/aromatic N) is 2. The maximum atomic E-state index is 12.0. The average molecular weight is 285 g/mol. The van der Waals surface area contributed by atoms with Crippen LogP contribution in [0, 0.1) is 6.92 Å². The fourth-order valence-corrected chi connectivity index (χ4v) is 2.39. The van der Waals surface area contributed by atoms with Crippen molar-refractivity contribution >= 4 is 23.3 Å². The van der Waals surface area contributed by atoms with Gasteiger partial charge in [0.25, 0.3) is 0 Å². The molecule has 0 saturated heterocycles. The second-order valence-electron chi connectivity index (χ2n) is 4.61. The molecule has 1 aromatic heterocycles. The van der Waals surface area contributed by atoms with Gasteiger partial charge in [-0.3, -0.25) is 0 Å². The second kappa shape index (κ2) is 6.01. The van der Waals surface area contributed by atoms with E-state index < -0.39 is 11.5 Å². The molecule has 0 atom stereocenters. The third-order valence-corrected chi connectivity index (χ3v) is 3.76. The number of carbonyl (C=O) groups is 2. The molecule has 0 aliphatic carbocycles. The number of hydrogen-bond acceptors (Lipinski definition) is 4. The Labute approximate surface area is 116 Å². The van der Waals surface area contributed by atoms with Crippen molar-refractivity contribution in [1.29, 1.82) is 0 Å². The van der Waals surface area contributed by atoms with E-state index in [0.717, 1.165) is 9.88 Å². The van der Waals surface area contributed by atoms with Crippen LogP contribution in [-0.2, 0) is 11.3 Å². The lowest BCUT2D eigenvalue weighted by Crippen LogP contribution is -2.55. The number of carbonyl (C=O) groups excluding carboxylic acids is 1. The number of aromatic nitrogens is 1. The molecule has 2 N–H and O–H groups in total. The highest BCUT2D eigenvalue weighted by molar-refractivity contribution is 7.11. The summed E-state index contributed by atoms with van der Waals surface area (Å²) in [5.41, 5.74) is -1.23. The quantitative estimate of drug-likeness (QED) is 0.865. The van der Waals surface area contributed by atoms with Gasteiger partial charge >= 0.3 is 12.0 Å². The predicted molar refractivity (Wildman–Crippen MR) is 73.2 cm³/mol. The molecular weight excluding hydrogens is 266 g/mol. The number of hydrogen-bond donors (Lipinski definition) is 2. The van der Waals surface area contributed by atoms with Crippen molar-refractivity contribution in [2.75, 3.05) is 6.54 Å². The normalized spacial score (nSPS) is 11.2. The van der Waals surface area contributed by atoms with Crippen LogP contribution in [0.1, 0.15) is 30.7 Å². The summed E-state index contributed by atoms with van der Waals surface area (Å²) in [5.74, 6) is -1.03. The zero-order valence-electron chi connectivity index (χ0n) is 11.6. The van der Waals surface area contributed by atoms with Crippen LogP contribution in [0.5, 0.6) is 0 Å². The van der Waals surface area contributed by atoms with Crippen molar-refractivity contribution in [3.8, 4) is 0 Å². The summed E-state index contributed by atoms with van der Waals surface area (Å²) in [7, 11) is 0. The number of amides is 2. The predicted octanol–water partition coefficient (Wildman–Crippen LogP) is 1.85. The third kappa shape index (κ3) is 3.66. The minimum absolute atomic E-state index is 0.326. The molecule has 0 aromatic carbocycles. The molecule has 0 saturated carbocycles. The molecule has 106 valence electrons. The molecule has 1 rings (SSSR count). The zero-order valence-corrected chi connectivity index (χ0v) is 12.4. The fraction of sp³-hybridized carbons (Fsp3) is 0.583. The van der Waals surface area contributed by atoms with Crippen molar-refractivity contribution in [2.45, 2.75) is 39.8 Å². The van der Waals surface area contributed by atoms with Crippen molar-refractivity contribution < 1.29 is 14.7 Å². The molecule has 0 aliphatic rings.